The first-order chi connectivity index (χ1) is 14.8. The van der Waals surface area contributed by atoms with Crippen molar-refractivity contribution in [2.45, 2.75) is 148 Å². The molecule has 0 aromatic rings. The normalized spacial score (nSPS) is 11.4. The van der Waals surface area contributed by atoms with E-state index in [0.717, 1.165) is 19.3 Å². The number of allylic oxidation sites excluding steroid dienone is 1. The zero-order valence-electron chi connectivity index (χ0n) is 20.9. The molecule has 0 aliphatic carbocycles. The molecule has 0 amide bonds. The summed E-state index contributed by atoms with van der Waals surface area (Å²) < 4.78 is 12.2. The Morgan fingerprint density at radius 2 is 0.800 bits per heavy atom. The number of rotatable bonds is 26. The predicted molar refractivity (Wildman–Crippen MR) is 138 cm³/mol. The lowest BCUT2D eigenvalue weighted by Gasteiger charge is -2.15. The van der Waals surface area contributed by atoms with Gasteiger partial charge in [-0.1, -0.05) is 135 Å². The Hall–Kier alpha value is -0.123. The van der Waals surface area contributed by atoms with Crippen molar-refractivity contribution in [2.24, 2.45) is 0 Å². The van der Waals surface area contributed by atoms with Crippen LogP contribution in [0.25, 0.3) is 0 Å². The SMILES string of the molecule is C=CC[SiH](OCCCCCCCCCCCC)OCCCCCCCCCCCC. The molecular formula is C27H56O2Si. The first-order valence-electron chi connectivity index (χ1n) is 13.7. The summed E-state index contributed by atoms with van der Waals surface area (Å²) in [5.41, 5.74) is 0. The van der Waals surface area contributed by atoms with Gasteiger partial charge in [-0.3, -0.25) is 0 Å². The molecule has 0 saturated heterocycles. The Kier molecular flexibility index (Phi) is 26.8. The third-order valence-corrected chi connectivity index (χ3v) is 7.90. The molecule has 0 atom stereocenters. The molecule has 0 aromatic heterocycles. The predicted octanol–water partition coefficient (Wildman–Crippen LogP) is 9.27. The average Bonchev–Trinajstić information content (AvgIpc) is 2.75. The van der Waals surface area contributed by atoms with E-state index >= 15 is 0 Å². The van der Waals surface area contributed by atoms with Crippen LogP contribution in [0, 0.1) is 0 Å². The molecule has 0 unspecified atom stereocenters. The maximum Gasteiger partial charge on any atom is 0.325 e. The summed E-state index contributed by atoms with van der Waals surface area (Å²) in [6.45, 7) is 10.2. The van der Waals surface area contributed by atoms with Gasteiger partial charge in [0.25, 0.3) is 0 Å². The second-order valence-corrected chi connectivity index (χ2v) is 11.1. The maximum atomic E-state index is 6.09. The topological polar surface area (TPSA) is 18.5 Å². The molecule has 0 fully saturated rings. The molecule has 0 heterocycles. The van der Waals surface area contributed by atoms with Gasteiger partial charge in [0.05, 0.1) is 0 Å². The molecule has 0 rings (SSSR count). The first kappa shape index (κ1) is 29.9. The van der Waals surface area contributed by atoms with E-state index in [1.165, 1.54) is 128 Å². The van der Waals surface area contributed by atoms with E-state index in [0.29, 0.717) is 0 Å². The smallest absolute Gasteiger partial charge is 0.325 e. The van der Waals surface area contributed by atoms with Gasteiger partial charge in [-0.15, -0.1) is 6.58 Å². The molecule has 0 spiro atoms. The summed E-state index contributed by atoms with van der Waals surface area (Å²) in [5.74, 6) is 0. The zero-order chi connectivity index (χ0) is 22.0. The van der Waals surface area contributed by atoms with Crippen LogP contribution in [-0.2, 0) is 8.85 Å². The lowest BCUT2D eigenvalue weighted by atomic mass is 10.1. The van der Waals surface area contributed by atoms with Gasteiger partial charge >= 0.3 is 9.28 Å². The lowest BCUT2D eigenvalue weighted by Crippen LogP contribution is -2.23. The summed E-state index contributed by atoms with van der Waals surface area (Å²) in [7, 11) is -1.51. The van der Waals surface area contributed by atoms with Crippen LogP contribution in [0.2, 0.25) is 6.04 Å². The van der Waals surface area contributed by atoms with Crippen LogP contribution in [0.1, 0.15) is 142 Å². The highest BCUT2D eigenvalue weighted by molar-refractivity contribution is 6.44. The quantitative estimate of drug-likeness (QED) is 0.0757. The minimum atomic E-state index is -1.51. The monoisotopic (exact) mass is 440 g/mol. The van der Waals surface area contributed by atoms with Gasteiger partial charge in [-0.05, 0) is 12.8 Å². The molecule has 0 radical (unpaired) electrons. The molecular weight excluding hydrogens is 384 g/mol. The minimum Gasteiger partial charge on any atom is -0.396 e. The second kappa shape index (κ2) is 26.9. The summed E-state index contributed by atoms with van der Waals surface area (Å²) in [5, 5.41) is 0. The van der Waals surface area contributed by atoms with Gasteiger partial charge in [-0.2, -0.15) is 0 Å². The molecule has 0 bridgehead atoms. The highest BCUT2D eigenvalue weighted by Gasteiger charge is 2.10. The fraction of sp³-hybridized carbons (Fsp3) is 0.926. The highest BCUT2D eigenvalue weighted by Crippen LogP contribution is 2.12. The Balaban J connectivity index is 3.41. The van der Waals surface area contributed by atoms with Crippen LogP contribution in [0.15, 0.2) is 12.7 Å². The van der Waals surface area contributed by atoms with Gasteiger partial charge in [0.15, 0.2) is 0 Å². The molecule has 180 valence electrons. The average molecular weight is 441 g/mol. The summed E-state index contributed by atoms with van der Waals surface area (Å²) >= 11 is 0. The Morgan fingerprint density at radius 1 is 0.500 bits per heavy atom. The first-order valence-corrected chi connectivity index (χ1v) is 15.4. The van der Waals surface area contributed by atoms with Crippen molar-refractivity contribution < 1.29 is 8.85 Å². The van der Waals surface area contributed by atoms with Crippen molar-refractivity contribution in [1.29, 1.82) is 0 Å². The minimum absolute atomic E-state index is 0.888. The van der Waals surface area contributed by atoms with Crippen LogP contribution in [-0.4, -0.2) is 22.5 Å². The maximum absolute atomic E-state index is 6.09. The van der Waals surface area contributed by atoms with Crippen molar-refractivity contribution >= 4 is 9.28 Å². The fourth-order valence-electron chi connectivity index (χ4n) is 3.93. The van der Waals surface area contributed by atoms with E-state index in [-0.39, 0.29) is 0 Å². The van der Waals surface area contributed by atoms with Crippen LogP contribution >= 0.6 is 0 Å². The molecule has 0 saturated carbocycles. The standard InChI is InChI=1S/C27H56O2Si/c1-4-7-9-11-13-15-17-19-21-23-25-28-30(27-6-3)29-26-24-22-20-18-16-14-12-10-8-5-2/h6,30H,3-5,7-27H2,1-2H3. The molecule has 0 aliphatic heterocycles. The van der Waals surface area contributed by atoms with Gasteiger partial charge in [0.2, 0.25) is 0 Å². The summed E-state index contributed by atoms with van der Waals surface area (Å²) in [4.78, 5) is 0. The Morgan fingerprint density at radius 3 is 1.10 bits per heavy atom. The summed E-state index contributed by atoms with van der Waals surface area (Å²) in [6.07, 6.45) is 29.4. The van der Waals surface area contributed by atoms with Gasteiger partial charge in [0.1, 0.15) is 0 Å². The van der Waals surface area contributed by atoms with E-state index in [1.54, 1.807) is 0 Å². The highest BCUT2D eigenvalue weighted by atomic mass is 28.3. The Labute approximate surface area is 192 Å². The largest absolute Gasteiger partial charge is 0.396 e. The third-order valence-electron chi connectivity index (χ3n) is 5.96. The lowest BCUT2D eigenvalue weighted by molar-refractivity contribution is 0.191. The number of hydrogen-bond acceptors (Lipinski definition) is 2. The van der Waals surface area contributed by atoms with Crippen molar-refractivity contribution in [3.63, 3.8) is 0 Å². The number of hydrogen-bond donors (Lipinski definition) is 0. The molecule has 30 heavy (non-hydrogen) atoms. The third kappa shape index (κ3) is 24.1. The van der Waals surface area contributed by atoms with Gasteiger partial charge < -0.3 is 8.85 Å². The molecule has 0 N–H and O–H groups in total. The van der Waals surface area contributed by atoms with Crippen molar-refractivity contribution in [3.05, 3.63) is 12.7 Å². The molecule has 0 aromatic carbocycles. The molecule has 2 nitrogen and oxygen atoms in total. The van der Waals surface area contributed by atoms with E-state index in [4.69, 9.17) is 8.85 Å². The molecule has 3 heteroatoms. The van der Waals surface area contributed by atoms with E-state index in [1.807, 2.05) is 6.08 Å². The van der Waals surface area contributed by atoms with Crippen LogP contribution < -0.4 is 0 Å². The van der Waals surface area contributed by atoms with Gasteiger partial charge in [0, 0.05) is 19.3 Å². The number of unbranched alkanes of at least 4 members (excludes halogenated alkanes) is 18. The van der Waals surface area contributed by atoms with Gasteiger partial charge in [-0.25, -0.2) is 0 Å². The Bertz CT molecular complexity index is 296. The second-order valence-electron chi connectivity index (χ2n) is 9.06. The van der Waals surface area contributed by atoms with Crippen molar-refractivity contribution in [1.82, 2.24) is 0 Å². The van der Waals surface area contributed by atoms with Crippen molar-refractivity contribution in [2.75, 3.05) is 13.2 Å². The fourth-order valence-corrected chi connectivity index (χ4v) is 5.43. The van der Waals surface area contributed by atoms with Crippen LogP contribution in [0.5, 0.6) is 0 Å². The zero-order valence-corrected chi connectivity index (χ0v) is 22.1. The molecule has 0 aliphatic rings. The summed E-state index contributed by atoms with van der Waals surface area (Å²) in [6, 6.07) is 0.940. The van der Waals surface area contributed by atoms with Crippen molar-refractivity contribution in [3.8, 4) is 0 Å². The van der Waals surface area contributed by atoms with E-state index in [2.05, 4.69) is 20.4 Å². The van der Waals surface area contributed by atoms with Crippen LogP contribution in [0.3, 0.4) is 0 Å². The van der Waals surface area contributed by atoms with E-state index in [9.17, 15) is 0 Å². The van der Waals surface area contributed by atoms with Crippen LogP contribution in [0.4, 0.5) is 0 Å². The van der Waals surface area contributed by atoms with E-state index < -0.39 is 9.28 Å².